The molecule has 2 heterocycles. The molecule has 0 unspecified atom stereocenters. The topological polar surface area (TPSA) is 78.5 Å². The van der Waals surface area contributed by atoms with Gasteiger partial charge < -0.3 is 10.6 Å². The Kier molecular flexibility index (Phi) is 6.30. The van der Waals surface area contributed by atoms with E-state index >= 15 is 0 Å². The molecule has 2 aliphatic rings. The van der Waals surface area contributed by atoms with Crippen LogP contribution in [0.15, 0.2) is 36.4 Å². The lowest BCUT2D eigenvalue weighted by atomic mass is 9.99. The molecular formula is C21H21ClFN3O3. The minimum absolute atomic E-state index is 0. The molecule has 2 aliphatic heterocycles. The summed E-state index contributed by atoms with van der Waals surface area (Å²) in [4.78, 5) is 37.1. The number of carbonyl (C=O) groups excluding carboxylic acids is 3. The number of hydrogen-bond acceptors (Lipinski definition) is 4. The van der Waals surface area contributed by atoms with Gasteiger partial charge in [0.15, 0.2) is 0 Å². The number of nitrogens with zero attached hydrogens (tertiary/aromatic N) is 1. The van der Waals surface area contributed by atoms with Crippen molar-refractivity contribution in [3.63, 3.8) is 0 Å². The second-order valence-corrected chi connectivity index (χ2v) is 7.02. The lowest BCUT2D eigenvalue weighted by Gasteiger charge is -2.19. The number of benzene rings is 2. The zero-order chi connectivity index (χ0) is 19.7. The molecule has 1 saturated heterocycles. The Bertz CT molecular complexity index is 946. The fraction of sp³-hybridized carbons (Fsp3) is 0.286. The van der Waals surface area contributed by atoms with Crippen LogP contribution in [0.5, 0.6) is 0 Å². The van der Waals surface area contributed by atoms with E-state index in [2.05, 4.69) is 10.6 Å². The number of fused-ring (bicyclic) bond motifs is 1. The molecular weight excluding hydrogens is 397 g/mol. The van der Waals surface area contributed by atoms with Crippen molar-refractivity contribution in [2.75, 3.05) is 11.9 Å². The molecule has 0 atom stereocenters. The van der Waals surface area contributed by atoms with Crippen LogP contribution in [0.4, 0.5) is 10.1 Å². The van der Waals surface area contributed by atoms with Gasteiger partial charge in [0.05, 0.1) is 12.2 Å². The predicted octanol–water partition coefficient (Wildman–Crippen LogP) is 2.79. The van der Waals surface area contributed by atoms with Gasteiger partial charge in [-0.3, -0.25) is 19.3 Å². The van der Waals surface area contributed by atoms with Gasteiger partial charge in [0, 0.05) is 24.9 Å². The fourth-order valence-electron chi connectivity index (χ4n) is 3.57. The van der Waals surface area contributed by atoms with Gasteiger partial charge in [-0.25, -0.2) is 4.39 Å². The van der Waals surface area contributed by atoms with Gasteiger partial charge in [0.1, 0.15) is 5.82 Å². The van der Waals surface area contributed by atoms with Gasteiger partial charge in [-0.2, -0.15) is 0 Å². The number of hydrogen-bond donors (Lipinski definition) is 2. The highest BCUT2D eigenvalue weighted by molar-refractivity contribution is 6.04. The van der Waals surface area contributed by atoms with Gasteiger partial charge in [-0.05, 0) is 47.9 Å². The second kappa shape index (κ2) is 8.71. The van der Waals surface area contributed by atoms with Crippen molar-refractivity contribution < 1.29 is 18.8 Å². The molecule has 2 N–H and O–H groups in total. The van der Waals surface area contributed by atoms with E-state index in [1.165, 1.54) is 4.90 Å². The third-order valence-corrected chi connectivity index (χ3v) is 5.17. The summed E-state index contributed by atoms with van der Waals surface area (Å²) in [7, 11) is 0. The predicted molar refractivity (Wildman–Crippen MR) is 108 cm³/mol. The third-order valence-electron chi connectivity index (χ3n) is 5.17. The van der Waals surface area contributed by atoms with Gasteiger partial charge in [0.25, 0.3) is 5.91 Å². The van der Waals surface area contributed by atoms with Crippen LogP contribution in [0.1, 0.15) is 39.9 Å². The van der Waals surface area contributed by atoms with Crippen molar-refractivity contribution in [2.45, 2.75) is 32.4 Å². The number of amides is 3. The highest BCUT2D eigenvalue weighted by Crippen LogP contribution is 2.25. The van der Waals surface area contributed by atoms with E-state index in [1.807, 2.05) is 6.07 Å². The Morgan fingerprint density at radius 2 is 1.72 bits per heavy atom. The lowest BCUT2D eigenvalue weighted by Crippen LogP contribution is -2.28. The number of likely N-dealkylation sites (tertiary alicyclic amines) is 1. The van der Waals surface area contributed by atoms with Crippen molar-refractivity contribution in [3.8, 4) is 0 Å². The van der Waals surface area contributed by atoms with Crippen molar-refractivity contribution in [1.82, 2.24) is 10.2 Å². The highest BCUT2D eigenvalue weighted by atomic mass is 35.5. The first kappa shape index (κ1) is 21.0. The van der Waals surface area contributed by atoms with Crippen molar-refractivity contribution >= 4 is 35.8 Å². The number of carbonyl (C=O) groups is 3. The van der Waals surface area contributed by atoms with Crippen molar-refractivity contribution in [2.24, 2.45) is 0 Å². The van der Waals surface area contributed by atoms with Gasteiger partial charge >= 0.3 is 0 Å². The Morgan fingerprint density at radius 1 is 1.03 bits per heavy atom. The van der Waals surface area contributed by atoms with Crippen LogP contribution >= 0.6 is 12.4 Å². The zero-order valence-electron chi connectivity index (χ0n) is 15.7. The van der Waals surface area contributed by atoms with Crippen LogP contribution in [-0.4, -0.2) is 29.2 Å². The first-order chi connectivity index (χ1) is 13.5. The first-order valence-electron chi connectivity index (χ1n) is 9.27. The maximum atomic E-state index is 14.7. The Balaban J connectivity index is 0.00000240. The summed E-state index contributed by atoms with van der Waals surface area (Å²) in [6.07, 6.45) is 1.09. The van der Waals surface area contributed by atoms with E-state index in [0.29, 0.717) is 30.6 Å². The molecule has 1 fully saturated rings. The molecule has 2 aromatic rings. The molecule has 2 aromatic carbocycles. The molecule has 0 aromatic heterocycles. The summed E-state index contributed by atoms with van der Waals surface area (Å²) in [6, 6.07) is 10.0. The maximum absolute atomic E-state index is 14.7. The Labute approximate surface area is 173 Å². The smallest absolute Gasteiger partial charge is 0.255 e. The number of anilines is 1. The molecule has 0 spiro atoms. The summed E-state index contributed by atoms with van der Waals surface area (Å²) in [5.74, 6) is -1.14. The van der Waals surface area contributed by atoms with E-state index < -0.39 is 5.91 Å². The molecule has 152 valence electrons. The molecule has 4 rings (SSSR count). The van der Waals surface area contributed by atoms with Crippen LogP contribution < -0.4 is 10.6 Å². The second-order valence-electron chi connectivity index (χ2n) is 7.02. The van der Waals surface area contributed by atoms with Crippen LogP contribution in [0.3, 0.4) is 0 Å². The molecule has 8 heteroatoms. The number of halogens is 2. The third kappa shape index (κ3) is 4.31. The summed E-state index contributed by atoms with van der Waals surface area (Å²) in [5.41, 5.74) is 2.86. The summed E-state index contributed by atoms with van der Waals surface area (Å²) < 4.78 is 14.7. The summed E-state index contributed by atoms with van der Waals surface area (Å²) in [6.45, 7) is 1.54. The summed E-state index contributed by atoms with van der Waals surface area (Å²) >= 11 is 0. The average Bonchev–Trinajstić information content (AvgIpc) is 3.03. The summed E-state index contributed by atoms with van der Waals surface area (Å²) in [5, 5.41) is 5.82. The molecule has 29 heavy (non-hydrogen) atoms. The maximum Gasteiger partial charge on any atom is 0.255 e. The van der Waals surface area contributed by atoms with E-state index in [0.717, 1.165) is 11.1 Å². The lowest BCUT2D eigenvalue weighted by molar-refractivity contribution is -0.139. The number of rotatable bonds is 4. The number of imide groups is 1. The quantitative estimate of drug-likeness (QED) is 0.750. The molecule has 0 radical (unpaired) electrons. The minimum atomic E-state index is -0.410. The largest absolute Gasteiger partial charge is 0.319 e. The van der Waals surface area contributed by atoms with Crippen molar-refractivity contribution in [3.05, 3.63) is 64.5 Å². The van der Waals surface area contributed by atoms with Crippen LogP contribution in [0.2, 0.25) is 0 Å². The highest BCUT2D eigenvalue weighted by Gasteiger charge is 2.28. The van der Waals surface area contributed by atoms with E-state index in [9.17, 15) is 18.8 Å². The monoisotopic (exact) mass is 417 g/mol. The molecule has 0 saturated carbocycles. The molecule has 0 aliphatic carbocycles. The average molecular weight is 418 g/mol. The van der Waals surface area contributed by atoms with Gasteiger partial charge in [0.2, 0.25) is 11.8 Å². The first-order valence-corrected chi connectivity index (χ1v) is 9.27. The van der Waals surface area contributed by atoms with Crippen LogP contribution in [-0.2, 0) is 29.1 Å². The fourth-order valence-corrected chi connectivity index (χ4v) is 3.57. The normalized spacial score (nSPS) is 15.7. The van der Waals surface area contributed by atoms with Gasteiger partial charge in [-0.15, -0.1) is 12.4 Å². The number of nitrogens with one attached hydrogen (secondary N) is 2. The van der Waals surface area contributed by atoms with Gasteiger partial charge in [-0.1, -0.05) is 18.2 Å². The van der Waals surface area contributed by atoms with Crippen molar-refractivity contribution in [1.29, 1.82) is 0 Å². The standard InChI is InChI=1S/C21H20FN3O3.ClH/c22-20-16-9-10-23-11-15(16)5-6-17(20)24-21(28)14-3-1-13(2-4-14)12-25-18(26)7-8-19(25)27;/h1-6,23H,7-12H2,(H,24,28);1H. The Hall–Kier alpha value is -2.77. The van der Waals surface area contributed by atoms with E-state index in [-0.39, 0.29) is 55.1 Å². The molecule has 3 amide bonds. The molecule has 6 nitrogen and oxygen atoms in total. The Morgan fingerprint density at radius 3 is 2.41 bits per heavy atom. The van der Waals surface area contributed by atoms with Crippen LogP contribution in [0.25, 0.3) is 0 Å². The van der Waals surface area contributed by atoms with Crippen LogP contribution in [0, 0.1) is 5.82 Å². The minimum Gasteiger partial charge on any atom is -0.319 e. The SMILES string of the molecule is Cl.O=C(Nc1ccc2c(c1F)CCNC2)c1ccc(CN2C(=O)CCC2=O)cc1. The zero-order valence-corrected chi connectivity index (χ0v) is 16.5. The molecule has 0 bridgehead atoms. The van der Waals surface area contributed by atoms with E-state index in [4.69, 9.17) is 0 Å². The van der Waals surface area contributed by atoms with E-state index in [1.54, 1.807) is 30.3 Å².